The van der Waals surface area contributed by atoms with E-state index in [0.29, 0.717) is 42.6 Å². The van der Waals surface area contributed by atoms with Crippen LogP contribution in [0.2, 0.25) is 0 Å². The first-order chi connectivity index (χ1) is 17.0. The Hall–Kier alpha value is -2.47. The van der Waals surface area contributed by atoms with Gasteiger partial charge in [-0.25, -0.2) is 8.42 Å². The fourth-order valence-corrected chi connectivity index (χ4v) is 5.86. The highest BCUT2D eigenvalue weighted by molar-refractivity contribution is 7.92. The molecule has 4 N–H and O–H groups in total. The quantitative estimate of drug-likeness (QED) is 0.316. The monoisotopic (exact) mass is 594 g/mol. The topological polar surface area (TPSA) is 109 Å². The number of fused-ring (bicyclic) bond motifs is 1. The molecule has 210 valence electrons. The second-order valence-electron chi connectivity index (χ2n) is 8.91. The Morgan fingerprint density at radius 1 is 1.21 bits per heavy atom. The van der Waals surface area contributed by atoms with Gasteiger partial charge < -0.3 is 15.8 Å². The van der Waals surface area contributed by atoms with Gasteiger partial charge in [0.1, 0.15) is 17.7 Å². The van der Waals surface area contributed by atoms with Crippen LogP contribution in [-0.4, -0.2) is 45.2 Å². The maximum atomic E-state index is 14.0. The van der Waals surface area contributed by atoms with Crippen molar-refractivity contribution in [2.75, 3.05) is 23.1 Å². The minimum absolute atomic E-state index is 0. The number of benzene rings is 2. The van der Waals surface area contributed by atoms with Gasteiger partial charge in [0, 0.05) is 5.56 Å². The van der Waals surface area contributed by atoms with E-state index in [-0.39, 0.29) is 60.4 Å². The summed E-state index contributed by atoms with van der Waals surface area (Å²) in [5.74, 6) is -0.624. The molecule has 2 heterocycles. The zero-order valence-corrected chi connectivity index (χ0v) is 23.1. The number of alkyl halides is 3. The summed E-state index contributed by atoms with van der Waals surface area (Å²) in [6.45, 7) is 2.79. The average molecular weight is 596 g/mol. The molecule has 4 rings (SSSR count). The highest BCUT2D eigenvalue weighted by Gasteiger charge is 2.41. The zero-order valence-electron chi connectivity index (χ0n) is 20.6. The molecule has 0 aliphatic carbocycles. The average Bonchev–Trinajstić information content (AvgIpc) is 3.20. The number of hydrogen-bond acceptors (Lipinski definition) is 5. The molecule has 38 heavy (non-hydrogen) atoms. The van der Waals surface area contributed by atoms with Gasteiger partial charge in [0.05, 0.1) is 23.0 Å². The summed E-state index contributed by atoms with van der Waals surface area (Å²) in [6, 6.07) is 8.41. The van der Waals surface area contributed by atoms with Crippen LogP contribution in [0.4, 0.5) is 18.9 Å². The van der Waals surface area contributed by atoms with Crippen molar-refractivity contribution in [1.29, 1.82) is 5.41 Å². The fraction of sp³-hybridized carbons (Fsp3) is 0.400. The molecule has 0 radical (unpaired) electrons. The van der Waals surface area contributed by atoms with Crippen molar-refractivity contribution in [1.82, 2.24) is 5.32 Å². The molecule has 2 aromatic rings. The summed E-state index contributed by atoms with van der Waals surface area (Å²) < 4.78 is 75.1. The molecule has 0 saturated carbocycles. The van der Waals surface area contributed by atoms with Gasteiger partial charge in [-0.2, -0.15) is 13.2 Å². The standard InChI is InChI=1S/C25H29F3N4O3S.2ClH/c1-2-36(33,34)32-19(7-6-16-4-3-5-17(12-16)24(29)30)13-18-14-23(35-20-8-10-31-11-9-20)21(15-22(18)32)25(26,27)28;;/h3-7,12,14-15,19-20,31H,2,8-11,13H2,1H3,(H3,29,30);2*1H/b7-6+;;. The Bertz CT molecular complexity index is 1280. The van der Waals surface area contributed by atoms with Crippen molar-refractivity contribution in [3.63, 3.8) is 0 Å². The van der Waals surface area contributed by atoms with E-state index in [0.717, 1.165) is 10.4 Å². The van der Waals surface area contributed by atoms with Crippen LogP contribution in [0, 0.1) is 5.41 Å². The van der Waals surface area contributed by atoms with Crippen LogP contribution < -0.4 is 20.1 Å². The third-order valence-electron chi connectivity index (χ3n) is 6.41. The van der Waals surface area contributed by atoms with E-state index in [1.165, 1.54) is 13.0 Å². The molecule has 13 heteroatoms. The lowest BCUT2D eigenvalue weighted by molar-refractivity contribution is -0.139. The Balaban J connectivity index is 0.00000253. The van der Waals surface area contributed by atoms with Gasteiger partial charge in [0.25, 0.3) is 0 Å². The molecule has 0 amide bonds. The molecular weight excluding hydrogens is 564 g/mol. The maximum Gasteiger partial charge on any atom is 0.420 e. The second-order valence-corrected chi connectivity index (χ2v) is 11.0. The van der Waals surface area contributed by atoms with Crippen LogP contribution in [0.5, 0.6) is 5.75 Å². The van der Waals surface area contributed by atoms with E-state index in [1.54, 1.807) is 36.4 Å². The number of sulfonamides is 1. The molecule has 1 saturated heterocycles. The van der Waals surface area contributed by atoms with Gasteiger partial charge >= 0.3 is 6.18 Å². The number of nitrogens with zero attached hydrogens (tertiary/aromatic N) is 1. The normalized spacial score (nSPS) is 18.0. The molecule has 2 aliphatic rings. The minimum atomic E-state index is -4.71. The maximum absolute atomic E-state index is 14.0. The van der Waals surface area contributed by atoms with Crippen LogP contribution in [-0.2, 0) is 22.6 Å². The Kier molecular flexibility index (Phi) is 10.5. The third-order valence-corrected chi connectivity index (χ3v) is 8.20. The predicted octanol–water partition coefficient (Wildman–Crippen LogP) is 4.76. The molecule has 7 nitrogen and oxygen atoms in total. The highest BCUT2D eigenvalue weighted by Crippen LogP contribution is 2.45. The van der Waals surface area contributed by atoms with Gasteiger partial charge in [-0.1, -0.05) is 30.4 Å². The largest absolute Gasteiger partial charge is 0.490 e. The van der Waals surface area contributed by atoms with E-state index in [2.05, 4.69) is 5.32 Å². The minimum Gasteiger partial charge on any atom is -0.490 e. The third kappa shape index (κ3) is 6.93. The number of hydrogen-bond donors (Lipinski definition) is 3. The summed E-state index contributed by atoms with van der Waals surface area (Å²) in [7, 11) is -3.88. The molecule has 0 bridgehead atoms. The van der Waals surface area contributed by atoms with Gasteiger partial charge in [-0.05, 0) is 68.6 Å². The molecule has 1 unspecified atom stereocenters. The number of anilines is 1. The number of nitrogen functional groups attached to an aromatic ring is 1. The van der Waals surface area contributed by atoms with E-state index < -0.39 is 27.8 Å². The van der Waals surface area contributed by atoms with Crippen molar-refractivity contribution in [3.8, 4) is 5.75 Å². The van der Waals surface area contributed by atoms with Crippen LogP contribution in [0.3, 0.4) is 0 Å². The van der Waals surface area contributed by atoms with Crippen molar-refractivity contribution in [2.45, 2.75) is 44.5 Å². The van der Waals surface area contributed by atoms with Gasteiger partial charge in [0.2, 0.25) is 10.0 Å². The van der Waals surface area contributed by atoms with Crippen molar-refractivity contribution >= 4 is 52.4 Å². The summed E-state index contributed by atoms with van der Waals surface area (Å²) in [4.78, 5) is 0. The molecule has 2 aliphatic heterocycles. The van der Waals surface area contributed by atoms with Gasteiger partial charge in [0.15, 0.2) is 0 Å². The lowest BCUT2D eigenvalue weighted by Gasteiger charge is -2.27. The first kappa shape index (κ1) is 31.7. The smallest absolute Gasteiger partial charge is 0.420 e. The summed E-state index contributed by atoms with van der Waals surface area (Å²) in [5.41, 5.74) is 6.28. The Morgan fingerprint density at radius 3 is 2.50 bits per heavy atom. The molecule has 1 fully saturated rings. The lowest BCUT2D eigenvalue weighted by Crippen LogP contribution is -2.37. The van der Waals surface area contributed by atoms with Gasteiger partial charge in [-0.15, -0.1) is 24.8 Å². The summed E-state index contributed by atoms with van der Waals surface area (Å²) in [5, 5.41) is 10.8. The molecular formula is C25H31Cl2F3N4O3S. The van der Waals surface area contributed by atoms with Crippen LogP contribution in [0.15, 0.2) is 42.5 Å². The number of halogens is 5. The number of amidine groups is 1. The van der Waals surface area contributed by atoms with Crippen molar-refractivity contribution in [3.05, 3.63) is 64.7 Å². The Labute approximate surface area is 233 Å². The van der Waals surface area contributed by atoms with E-state index in [9.17, 15) is 21.6 Å². The van der Waals surface area contributed by atoms with Crippen molar-refractivity contribution in [2.24, 2.45) is 5.73 Å². The van der Waals surface area contributed by atoms with Crippen LogP contribution in [0.25, 0.3) is 6.08 Å². The number of nitrogens with one attached hydrogen (secondary N) is 2. The van der Waals surface area contributed by atoms with Gasteiger partial charge in [-0.3, -0.25) is 9.71 Å². The summed E-state index contributed by atoms with van der Waals surface area (Å²) >= 11 is 0. The predicted molar refractivity (Wildman–Crippen MR) is 148 cm³/mol. The van der Waals surface area contributed by atoms with E-state index in [4.69, 9.17) is 15.9 Å². The number of nitrogens with two attached hydrogens (primary N) is 1. The van der Waals surface area contributed by atoms with Crippen molar-refractivity contribution < 1.29 is 26.3 Å². The SMILES string of the molecule is CCS(=O)(=O)N1c2cc(C(F)(F)F)c(OC3CCNCC3)cc2CC1/C=C/c1cccc(C(=N)N)c1.Cl.Cl. The van der Waals surface area contributed by atoms with E-state index in [1.807, 2.05) is 0 Å². The van der Waals surface area contributed by atoms with E-state index >= 15 is 0 Å². The second kappa shape index (κ2) is 12.6. The lowest BCUT2D eigenvalue weighted by atomic mass is 10.0. The highest BCUT2D eigenvalue weighted by atomic mass is 35.5. The van der Waals surface area contributed by atoms with Crippen LogP contribution in [0.1, 0.15) is 42.0 Å². The first-order valence-corrected chi connectivity index (χ1v) is 13.4. The first-order valence-electron chi connectivity index (χ1n) is 11.8. The molecule has 2 aromatic carbocycles. The number of rotatable bonds is 7. The molecule has 1 atom stereocenters. The number of ether oxygens (including phenoxy) is 1. The fourth-order valence-electron chi connectivity index (χ4n) is 4.55. The molecule has 0 aromatic heterocycles. The number of piperidine rings is 1. The zero-order chi connectivity index (χ0) is 26.1. The Morgan fingerprint density at radius 2 is 1.89 bits per heavy atom. The molecule has 0 spiro atoms. The summed E-state index contributed by atoms with van der Waals surface area (Å²) in [6.07, 6.45) is -0.305. The van der Waals surface area contributed by atoms with Crippen LogP contribution >= 0.6 is 24.8 Å².